The summed E-state index contributed by atoms with van der Waals surface area (Å²) in [5, 5.41) is 6.99. The topological polar surface area (TPSA) is 72.0 Å². The monoisotopic (exact) mass is 425 g/mol. The molecule has 0 bridgehead atoms. The SMILES string of the molecule is CC(CNc1nc(CC2CC2)nc2c1CCNCC2)Oc1cccnc1.Cl.Cl. The fourth-order valence-electron chi connectivity index (χ4n) is 3.35. The van der Waals surface area contributed by atoms with Crippen molar-refractivity contribution < 1.29 is 4.74 Å². The van der Waals surface area contributed by atoms with Gasteiger partial charge in [-0.25, -0.2) is 9.97 Å². The Labute approximate surface area is 179 Å². The summed E-state index contributed by atoms with van der Waals surface area (Å²) in [6.07, 6.45) is 9.12. The third-order valence-corrected chi connectivity index (χ3v) is 4.93. The first-order valence-electron chi connectivity index (χ1n) is 9.68. The van der Waals surface area contributed by atoms with Gasteiger partial charge in [0.1, 0.15) is 23.5 Å². The number of nitrogens with zero attached hydrogens (tertiary/aromatic N) is 3. The smallest absolute Gasteiger partial charge is 0.138 e. The molecule has 1 aliphatic heterocycles. The molecular formula is C20H29Cl2N5O. The predicted molar refractivity (Wildman–Crippen MR) is 116 cm³/mol. The number of fused-ring (bicyclic) bond motifs is 1. The second-order valence-electron chi connectivity index (χ2n) is 7.31. The van der Waals surface area contributed by atoms with Crippen LogP contribution >= 0.6 is 24.8 Å². The fraction of sp³-hybridized carbons (Fsp3) is 0.550. The van der Waals surface area contributed by atoms with Crippen LogP contribution in [-0.4, -0.2) is 40.7 Å². The number of nitrogens with one attached hydrogen (secondary N) is 2. The van der Waals surface area contributed by atoms with E-state index in [-0.39, 0.29) is 30.9 Å². The molecule has 6 nitrogen and oxygen atoms in total. The summed E-state index contributed by atoms with van der Waals surface area (Å²) in [5.41, 5.74) is 2.48. The molecule has 0 spiro atoms. The maximum absolute atomic E-state index is 5.93. The lowest BCUT2D eigenvalue weighted by atomic mass is 10.1. The van der Waals surface area contributed by atoms with Crippen molar-refractivity contribution in [2.75, 3.05) is 25.0 Å². The van der Waals surface area contributed by atoms with Gasteiger partial charge >= 0.3 is 0 Å². The molecule has 1 saturated carbocycles. The zero-order valence-electron chi connectivity index (χ0n) is 16.2. The molecule has 1 aliphatic carbocycles. The van der Waals surface area contributed by atoms with Gasteiger partial charge in [-0.3, -0.25) is 4.98 Å². The Morgan fingerprint density at radius 2 is 2.04 bits per heavy atom. The summed E-state index contributed by atoms with van der Waals surface area (Å²) in [4.78, 5) is 13.8. The van der Waals surface area contributed by atoms with Crippen LogP contribution in [0.3, 0.4) is 0 Å². The second-order valence-corrected chi connectivity index (χ2v) is 7.31. The third kappa shape index (κ3) is 6.19. The predicted octanol–water partition coefficient (Wildman–Crippen LogP) is 3.24. The molecule has 4 rings (SSSR count). The minimum Gasteiger partial charge on any atom is -0.487 e. The Morgan fingerprint density at radius 1 is 1.21 bits per heavy atom. The van der Waals surface area contributed by atoms with E-state index in [0.29, 0.717) is 6.54 Å². The Kier molecular flexibility index (Phi) is 8.73. The van der Waals surface area contributed by atoms with Gasteiger partial charge < -0.3 is 15.4 Å². The normalized spacial score (nSPS) is 16.6. The first-order chi connectivity index (χ1) is 12.8. The number of halogens is 2. The summed E-state index contributed by atoms with van der Waals surface area (Å²) < 4.78 is 5.93. The zero-order chi connectivity index (χ0) is 17.8. The molecule has 154 valence electrons. The molecule has 2 N–H and O–H groups in total. The van der Waals surface area contributed by atoms with E-state index in [4.69, 9.17) is 14.7 Å². The van der Waals surface area contributed by atoms with Crippen LogP contribution in [0.4, 0.5) is 5.82 Å². The summed E-state index contributed by atoms with van der Waals surface area (Å²) in [7, 11) is 0. The van der Waals surface area contributed by atoms with Gasteiger partial charge in [-0.2, -0.15) is 0 Å². The Bertz CT molecular complexity index is 743. The van der Waals surface area contributed by atoms with Gasteiger partial charge in [0, 0.05) is 31.1 Å². The van der Waals surface area contributed by atoms with E-state index in [9.17, 15) is 0 Å². The summed E-state index contributed by atoms with van der Waals surface area (Å²) in [6.45, 7) is 4.74. The average Bonchev–Trinajstić information content (AvgIpc) is 3.47. The first kappa shape index (κ1) is 22.7. The molecule has 2 aromatic heterocycles. The second kappa shape index (κ2) is 10.8. The molecular weight excluding hydrogens is 397 g/mol. The fourth-order valence-corrected chi connectivity index (χ4v) is 3.35. The van der Waals surface area contributed by atoms with Crippen molar-refractivity contribution in [1.29, 1.82) is 0 Å². The van der Waals surface area contributed by atoms with Crippen molar-refractivity contribution in [2.24, 2.45) is 5.92 Å². The summed E-state index contributed by atoms with van der Waals surface area (Å²) in [6, 6.07) is 3.82. The van der Waals surface area contributed by atoms with Crippen LogP contribution in [0.2, 0.25) is 0 Å². The van der Waals surface area contributed by atoms with Gasteiger partial charge in [0.05, 0.1) is 18.4 Å². The number of hydrogen-bond donors (Lipinski definition) is 2. The van der Waals surface area contributed by atoms with Crippen LogP contribution in [0.25, 0.3) is 0 Å². The molecule has 0 saturated heterocycles. The van der Waals surface area contributed by atoms with Crippen molar-refractivity contribution >= 4 is 30.6 Å². The highest BCUT2D eigenvalue weighted by molar-refractivity contribution is 5.85. The largest absolute Gasteiger partial charge is 0.487 e. The van der Waals surface area contributed by atoms with Crippen LogP contribution in [0.5, 0.6) is 5.75 Å². The van der Waals surface area contributed by atoms with E-state index in [0.717, 1.165) is 55.7 Å². The van der Waals surface area contributed by atoms with E-state index in [1.54, 1.807) is 12.4 Å². The molecule has 2 aliphatic rings. The lowest BCUT2D eigenvalue weighted by Crippen LogP contribution is -2.24. The van der Waals surface area contributed by atoms with E-state index < -0.39 is 0 Å². The lowest BCUT2D eigenvalue weighted by molar-refractivity contribution is 0.233. The van der Waals surface area contributed by atoms with Gasteiger partial charge in [-0.1, -0.05) is 0 Å². The number of rotatable bonds is 7. The van der Waals surface area contributed by atoms with Gasteiger partial charge in [-0.05, 0) is 50.8 Å². The minimum absolute atomic E-state index is 0. The molecule has 0 amide bonds. The van der Waals surface area contributed by atoms with Crippen LogP contribution in [-0.2, 0) is 19.3 Å². The lowest BCUT2D eigenvalue weighted by Gasteiger charge is -2.18. The quantitative estimate of drug-likeness (QED) is 0.709. The number of pyridine rings is 1. The van der Waals surface area contributed by atoms with Crippen molar-refractivity contribution in [3.05, 3.63) is 41.6 Å². The van der Waals surface area contributed by atoms with E-state index in [1.165, 1.54) is 24.1 Å². The third-order valence-electron chi connectivity index (χ3n) is 4.93. The summed E-state index contributed by atoms with van der Waals surface area (Å²) in [5.74, 6) is 3.58. The molecule has 0 radical (unpaired) electrons. The molecule has 28 heavy (non-hydrogen) atoms. The Morgan fingerprint density at radius 3 is 2.79 bits per heavy atom. The minimum atomic E-state index is 0. The highest BCUT2D eigenvalue weighted by Gasteiger charge is 2.25. The van der Waals surface area contributed by atoms with E-state index in [1.807, 2.05) is 12.1 Å². The number of aromatic nitrogens is 3. The first-order valence-corrected chi connectivity index (χ1v) is 9.68. The molecule has 1 fully saturated rings. The van der Waals surface area contributed by atoms with Crippen LogP contribution < -0.4 is 15.4 Å². The van der Waals surface area contributed by atoms with Crippen LogP contribution in [0.1, 0.15) is 36.8 Å². The highest BCUT2D eigenvalue weighted by Crippen LogP contribution is 2.32. The van der Waals surface area contributed by atoms with E-state index >= 15 is 0 Å². The number of ether oxygens (including phenoxy) is 1. The Balaban J connectivity index is 0.00000140. The average molecular weight is 426 g/mol. The van der Waals surface area contributed by atoms with Crippen LogP contribution in [0, 0.1) is 5.92 Å². The highest BCUT2D eigenvalue weighted by atomic mass is 35.5. The van der Waals surface area contributed by atoms with Crippen molar-refractivity contribution in [3.8, 4) is 5.75 Å². The van der Waals surface area contributed by atoms with Crippen molar-refractivity contribution in [2.45, 2.75) is 45.1 Å². The van der Waals surface area contributed by atoms with Gasteiger partial charge in [-0.15, -0.1) is 24.8 Å². The number of anilines is 1. The van der Waals surface area contributed by atoms with E-state index in [2.05, 4.69) is 22.5 Å². The molecule has 0 aromatic carbocycles. The molecule has 2 aromatic rings. The van der Waals surface area contributed by atoms with Gasteiger partial charge in [0.15, 0.2) is 0 Å². The molecule has 1 atom stereocenters. The maximum atomic E-state index is 5.93. The van der Waals surface area contributed by atoms with Crippen LogP contribution in [0.15, 0.2) is 24.5 Å². The van der Waals surface area contributed by atoms with Crippen molar-refractivity contribution in [1.82, 2.24) is 20.3 Å². The summed E-state index contributed by atoms with van der Waals surface area (Å²) >= 11 is 0. The standard InChI is InChI=1S/C20H27N5O.2ClH/c1-14(26-16-3-2-8-22-13-16)12-23-20-17-6-9-21-10-7-18(17)24-19(25-20)11-15-4-5-15;;/h2-3,8,13-15,21H,4-7,9-12H2,1H3,(H,23,24,25);2*1H. The molecule has 1 unspecified atom stereocenters. The zero-order valence-corrected chi connectivity index (χ0v) is 17.8. The molecule has 3 heterocycles. The Hall–Kier alpha value is -1.63. The van der Waals surface area contributed by atoms with Gasteiger partial charge in [0.25, 0.3) is 0 Å². The number of hydrogen-bond acceptors (Lipinski definition) is 6. The molecule has 8 heteroatoms. The van der Waals surface area contributed by atoms with Gasteiger partial charge in [0.2, 0.25) is 0 Å². The van der Waals surface area contributed by atoms with Crippen molar-refractivity contribution in [3.63, 3.8) is 0 Å². The maximum Gasteiger partial charge on any atom is 0.138 e.